The topological polar surface area (TPSA) is 64.6 Å². The lowest BCUT2D eigenvalue weighted by molar-refractivity contribution is 0.353. The fourth-order valence-corrected chi connectivity index (χ4v) is 2.91. The largest absolute Gasteiger partial charge is 0.493 e. The number of ether oxygens (including phenoxy) is 2. The molecular formula is C12H16ClNO4S. The van der Waals surface area contributed by atoms with Gasteiger partial charge in [-0.15, -0.1) is 0 Å². The molecule has 0 aromatic heterocycles. The van der Waals surface area contributed by atoms with Crippen molar-refractivity contribution in [3.05, 3.63) is 29.3 Å². The van der Waals surface area contributed by atoms with E-state index in [9.17, 15) is 8.42 Å². The summed E-state index contributed by atoms with van der Waals surface area (Å²) in [5.41, 5.74) is 0.547. The van der Waals surface area contributed by atoms with Gasteiger partial charge in [-0.25, -0.2) is 13.1 Å². The first-order valence-electron chi connectivity index (χ1n) is 5.37. The smallest absolute Gasteiger partial charge is 0.241 e. The molecule has 0 unspecified atom stereocenters. The summed E-state index contributed by atoms with van der Waals surface area (Å²) >= 11 is 5.55. The normalized spacial score (nSPS) is 11.2. The Morgan fingerprint density at radius 2 is 1.84 bits per heavy atom. The van der Waals surface area contributed by atoms with E-state index < -0.39 is 10.0 Å². The predicted molar refractivity (Wildman–Crippen MR) is 74.5 cm³/mol. The summed E-state index contributed by atoms with van der Waals surface area (Å²) in [6, 6.07) is 3.01. The number of hydrogen-bond donors (Lipinski definition) is 1. The molecule has 0 saturated heterocycles. The van der Waals surface area contributed by atoms with Crippen LogP contribution in [0.1, 0.15) is 5.56 Å². The van der Waals surface area contributed by atoms with Gasteiger partial charge in [0.15, 0.2) is 11.5 Å². The maximum absolute atomic E-state index is 12.1. The molecule has 0 aliphatic heterocycles. The highest BCUT2D eigenvalue weighted by molar-refractivity contribution is 7.89. The number of benzene rings is 1. The van der Waals surface area contributed by atoms with Crippen LogP contribution >= 0.6 is 11.6 Å². The van der Waals surface area contributed by atoms with E-state index in [2.05, 4.69) is 11.3 Å². The highest BCUT2D eigenvalue weighted by Gasteiger charge is 2.20. The second-order valence-electron chi connectivity index (χ2n) is 3.81. The number of aryl methyl sites for hydroxylation is 1. The summed E-state index contributed by atoms with van der Waals surface area (Å²) in [6.07, 6.45) is 0. The van der Waals surface area contributed by atoms with Gasteiger partial charge in [-0.05, 0) is 18.6 Å². The Morgan fingerprint density at radius 1 is 1.32 bits per heavy atom. The standard InChI is InChI=1S/C12H16ClNO4S/c1-8-5-10(17-3)11(18-4)6-12(8)19(15,16)14-7-9(2)13/h5-6,14H,2,7H2,1,3-4H3. The molecular weight excluding hydrogens is 290 g/mol. The molecule has 0 aliphatic rings. The van der Waals surface area contributed by atoms with Crippen molar-refractivity contribution < 1.29 is 17.9 Å². The molecule has 0 bridgehead atoms. The first-order chi connectivity index (χ1) is 8.81. The minimum Gasteiger partial charge on any atom is -0.493 e. The lowest BCUT2D eigenvalue weighted by Crippen LogP contribution is -2.25. The van der Waals surface area contributed by atoms with Crippen LogP contribution in [0, 0.1) is 6.92 Å². The summed E-state index contributed by atoms with van der Waals surface area (Å²) in [7, 11) is -0.745. The highest BCUT2D eigenvalue weighted by atomic mass is 35.5. The molecule has 1 rings (SSSR count). The van der Waals surface area contributed by atoms with Gasteiger partial charge in [0, 0.05) is 17.6 Å². The Hall–Kier alpha value is -1.24. The third kappa shape index (κ3) is 3.86. The van der Waals surface area contributed by atoms with E-state index in [0.717, 1.165) is 0 Å². The van der Waals surface area contributed by atoms with Crippen LogP contribution in [0.15, 0.2) is 28.6 Å². The van der Waals surface area contributed by atoms with Crippen LogP contribution in [0.4, 0.5) is 0 Å². The zero-order valence-electron chi connectivity index (χ0n) is 11.0. The van der Waals surface area contributed by atoms with E-state index in [1.165, 1.54) is 20.3 Å². The van der Waals surface area contributed by atoms with Gasteiger partial charge in [-0.3, -0.25) is 0 Å². The van der Waals surface area contributed by atoms with Gasteiger partial charge in [0.1, 0.15) is 0 Å². The SMILES string of the molecule is C=C(Cl)CNS(=O)(=O)c1cc(OC)c(OC)cc1C. The van der Waals surface area contributed by atoms with E-state index in [1.54, 1.807) is 13.0 Å². The van der Waals surface area contributed by atoms with E-state index in [0.29, 0.717) is 17.1 Å². The van der Waals surface area contributed by atoms with Crippen molar-refractivity contribution in [3.63, 3.8) is 0 Å². The van der Waals surface area contributed by atoms with Crippen molar-refractivity contribution in [1.82, 2.24) is 4.72 Å². The van der Waals surface area contributed by atoms with E-state index in [-0.39, 0.29) is 16.5 Å². The molecule has 1 aromatic carbocycles. The van der Waals surface area contributed by atoms with E-state index >= 15 is 0 Å². The molecule has 0 saturated carbocycles. The molecule has 1 aromatic rings. The van der Waals surface area contributed by atoms with Gasteiger partial charge in [-0.1, -0.05) is 18.2 Å². The zero-order valence-corrected chi connectivity index (χ0v) is 12.6. The monoisotopic (exact) mass is 305 g/mol. The highest BCUT2D eigenvalue weighted by Crippen LogP contribution is 2.32. The van der Waals surface area contributed by atoms with Crippen LogP contribution in [0.2, 0.25) is 0 Å². The third-order valence-corrected chi connectivity index (χ3v) is 4.10. The van der Waals surface area contributed by atoms with Gasteiger partial charge in [0.25, 0.3) is 0 Å². The second-order valence-corrected chi connectivity index (χ2v) is 6.08. The Morgan fingerprint density at radius 3 is 2.32 bits per heavy atom. The number of sulfonamides is 1. The molecule has 5 nitrogen and oxygen atoms in total. The van der Waals surface area contributed by atoms with Crippen LogP contribution in [-0.4, -0.2) is 29.2 Å². The van der Waals surface area contributed by atoms with E-state index in [4.69, 9.17) is 21.1 Å². The third-order valence-electron chi connectivity index (χ3n) is 2.42. The van der Waals surface area contributed by atoms with Crippen molar-refractivity contribution in [2.45, 2.75) is 11.8 Å². The Balaban J connectivity index is 3.23. The predicted octanol–water partition coefficient (Wildman–Crippen LogP) is 2.04. The molecule has 0 heterocycles. The molecule has 19 heavy (non-hydrogen) atoms. The Bertz CT molecular complexity index is 584. The summed E-state index contributed by atoms with van der Waals surface area (Å²) in [5.74, 6) is 0.818. The molecule has 0 aliphatic carbocycles. The molecule has 0 amide bonds. The summed E-state index contributed by atoms with van der Waals surface area (Å²) in [5, 5.41) is 0.210. The Kier molecular flexibility index (Phi) is 5.22. The maximum atomic E-state index is 12.1. The quantitative estimate of drug-likeness (QED) is 0.873. The fourth-order valence-electron chi connectivity index (χ4n) is 1.50. The van der Waals surface area contributed by atoms with Crippen LogP contribution in [0.25, 0.3) is 0 Å². The lowest BCUT2D eigenvalue weighted by atomic mass is 10.2. The summed E-state index contributed by atoms with van der Waals surface area (Å²) in [6.45, 7) is 5.07. The Labute approximate surface area is 118 Å². The molecule has 1 N–H and O–H groups in total. The fraction of sp³-hybridized carbons (Fsp3) is 0.333. The number of rotatable bonds is 6. The number of methoxy groups -OCH3 is 2. The van der Waals surface area contributed by atoms with Gasteiger partial charge < -0.3 is 9.47 Å². The molecule has 0 radical (unpaired) electrons. The minimum atomic E-state index is -3.67. The van der Waals surface area contributed by atoms with Crippen LogP contribution in [-0.2, 0) is 10.0 Å². The van der Waals surface area contributed by atoms with Gasteiger partial charge in [0.2, 0.25) is 10.0 Å². The van der Waals surface area contributed by atoms with Gasteiger partial charge in [-0.2, -0.15) is 0 Å². The second kappa shape index (κ2) is 6.27. The van der Waals surface area contributed by atoms with Crippen molar-refractivity contribution >= 4 is 21.6 Å². The lowest BCUT2D eigenvalue weighted by Gasteiger charge is -2.13. The van der Waals surface area contributed by atoms with Crippen LogP contribution in [0.5, 0.6) is 11.5 Å². The number of nitrogens with one attached hydrogen (secondary N) is 1. The van der Waals surface area contributed by atoms with Crippen LogP contribution < -0.4 is 14.2 Å². The zero-order chi connectivity index (χ0) is 14.6. The first kappa shape index (κ1) is 15.8. The molecule has 0 atom stereocenters. The van der Waals surface area contributed by atoms with Crippen molar-refractivity contribution in [2.75, 3.05) is 20.8 Å². The molecule has 106 valence electrons. The molecule has 0 spiro atoms. The minimum absolute atomic E-state index is 0.0301. The number of hydrogen-bond acceptors (Lipinski definition) is 4. The van der Waals surface area contributed by atoms with Gasteiger partial charge in [0.05, 0.1) is 19.1 Å². The van der Waals surface area contributed by atoms with Crippen molar-refractivity contribution in [2.24, 2.45) is 0 Å². The molecule has 0 fully saturated rings. The summed E-state index contributed by atoms with van der Waals surface area (Å²) in [4.78, 5) is 0.114. The van der Waals surface area contributed by atoms with E-state index in [1.807, 2.05) is 0 Å². The van der Waals surface area contributed by atoms with Crippen LogP contribution in [0.3, 0.4) is 0 Å². The average Bonchev–Trinajstić information content (AvgIpc) is 2.35. The van der Waals surface area contributed by atoms with Crippen molar-refractivity contribution in [3.8, 4) is 11.5 Å². The first-order valence-corrected chi connectivity index (χ1v) is 7.23. The summed E-state index contributed by atoms with van der Waals surface area (Å²) < 4.78 is 36.8. The molecule has 7 heteroatoms. The van der Waals surface area contributed by atoms with Crippen molar-refractivity contribution in [1.29, 1.82) is 0 Å². The number of halogens is 1. The van der Waals surface area contributed by atoms with Gasteiger partial charge >= 0.3 is 0 Å². The average molecular weight is 306 g/mol. The maximum Gasteiger partial charge on any atom is 0.241 e.